The van der Waals surface area contributed by atoms with Crippen LogP contribution in [0.2, 0.25) is 0 Å². The van der Waals surface area contributed by atoms with Crippen LogP contribution < -0.4 is 5.32 Å². The molecule has 0 aliphatic carbocycles. The maximum Gasteiger partial charge on any atom is 0.416 e. The zero-order valence-electron chi connectivity index (χ0n) is 15.8. The van der Waals surface area contributed by atoms with E-state index in [0.29, 0.717) is 22.7 Å². The SMILES string of the molecule is Cc1cc(C(=O)Nc2ncc(Cc3cccc(C(F)(F)F)c3)s2)c2ccccc2n1. The molecular formula is C22H16F3N3OS. The minimum absolute atomic E-state index is 0.300. The number of thiazole rings is 1. The van der Waals surface area contributed by atoms with Crippen LogP contribution in [-0.4, -0.2) is 15.9 Å². The van der Waals surface area contributed by atoms with Gasteiger partial charge in [0.05, 0.1) is 16.6 Å². The second-order valence-corrected chi connectivity index (χ2v) is 7.90. The summed E-state index contributed by atoms with van der Waals surface area (Å²) in [5.74, 6) is -0.309. The first-order valence-electron chi connectivity index (χ1n) is 9.08. The van der Waals surface area contributed by atoms with Crippen LogP contribution in [0.1, 0.15) is 32.1 Å². The van der Waals surface area contributed by atoms with Crippen molar-refractivity contribution in [2.45, 2.75) is 19.5 Å². The number of pyridine rings is 1. The van der Waals surface area contributed by atoms with Gasteiger partial charge in [-0.2, -0.15) is 13.2 Å². The Balaban J connectivity index is 1.53. The van der Waals surface area contributed by atoms with Crippen LogP contribution in [0.5, 0.6) is 0 Å². The summed E-state index contributed by atoms with van der Waals surface area (Å²) in [4.78, 5) is 22.2. The highest BCUT2D eigenvalue weighted by atomic mass is 32.1. The Morgan fingerprint density at radius 3 is 2.70 bits per heavy atom. The standard InChI is InChI=1S/C22H16F3N3OS/c1-13-9-18(17-7-2-3-8-19(17)27-13)20(29)28-21-26-12-16(30-21)11-14-5-4-6-15(10-14)22(23,24)25/h2-10,12H,11H2,1H3,(H,26,28,29). The molecule has 2 heterocycles. The van der Waals surface area contributed by atoms with Crippen molar-refractivity contribution in [2.75, 3.05) is 5.32 Å². The molecule has 0 saturated carbocycles. The predicted molar refractivity (Wildman–Crippen MR) is 111 cm³/mol. The van der Waals surface area contributed by atoms with Crippen molar-refractivity contribution < 1.29 is 18.0 Å². The number of benzene rings is 2. The zero-order chi connectivity index (χ0) is 21.3. The number of amides is 1. The first-order chi connectivity index (χ1) is 14.3. The molecule has 0 saturated heterocycles. The van der Waals surface area contributed by atoms with Gasteiger partial charge in [-0.1, -0.05) is 36.4 Å². The highest BCUT2D eigenvalue weighted by molar-refractivity contribution is 7.15. The molecule has 0 atom stereocenters. The normalized spacial score (nSPS) is 11.6. The molecule has 0 bridgehead atoms. The number of nitrogens with one attached hydrogen (secondary N) is 1. The van der Waals surface area contributed by atoms with Crippen LogP contribution in [-0.2, 0) is 12.6 Å². The number of aryl methyl sites for hydroxylation is 1. The third-order valence-electron chi connectivity index (χ3n) is 4.50. The van der Waals surface area contributed by atoms with Crippen LogP contribution >= 0.6 is 11.3 Å². The molecule has 2 aromatic carbocycles. The van der Waals surface area contributed by atoms with E-state index >= 15 is 0 Å². The molecule has 0 aliphatic heterocycles. The number of anilines is 1. The zero-order valence-corrected chi connectivity index (χ0v) is 16.6. The fraction of sp³-hybridized carbons (Fsp3) is 0.136. The largest absolute Gasteiger partial charge is 0.416 e. The highest BCUT2D eigenvalue weighted by Crippen LogP contribution is 2.31. The van der Waals surface area contributed by atoms with Crippen molar-refractivity contribution in [3.05, 3.63) is 88.1 Å². The molecule has 0 spiro atoms. The Labute approximate surface area is 174 Å². The fourth-order valence-electron chi connectivity index (χ4n) is 3.17. The summed E-state index contributed by atoms with van der Waals surface area (Å²) < 4.78 is 38.7. The fourth-order valence-corrected chi connectivity index (χ4v) is 4.01. The van der Waals surface area contributed by atoms with Gasteiger partial charge in [-0.05, 0) is 30.7 Å². The lowest BCUT2D eigenvalue weighted by Gasteiger charge is -2.08. The number of aromatic nitrogens is 2. The van der Waals surface area contributed by atoms with Gasteiger partial charge in [-0.3, -0.25) is 15.1 Å². The molecule has 30 heavy (non-hydrogen) atoms. The lowest BCUT2D eigenvalue weighted by molar-refractivity contribution is -0.137. The molecule has 0 unspecified atom stereocenters. The predicted octanol–water partition coefficient (Wildman–Crippen LogP) is 5.86. The van der Waals surface area contributed by atoms with Gasteiger partial charge in [0.2, 0.25) is 0 Å². The van der Waals surface area contributed by atoms with E-state index in [1.54, 1.807) is 18.3 Å². The number of nitrogens with zero attached hydrogens (tertiary/aromatic N) is 2. The van der Waals surface area contributed by atoms with E-state index in [0.717, 1.165) is 33.6 Å². The minimum Gasteiger partial charge on any atom is -0.298 e. The first-order valence-corrected chi connectivity index (χ1v) is 9.90. The van der Waals surface area contributed by atoms with Crippen LogP contribution in [0.15, 0.2) is 60.8 Å². The van der Waals surface area contributed by atoms with Crippen molar-refractivity contribution in [3.8, 4) is 0 Å². The summed E-state index contributed by atoms with van der Waals surface area (Å²) in [5, 5.41) is 3.91. The number of hydrogen-bond acceptors (Lipinski definition) is 4. The number of rotatable bonds is 4. The number of alkyl halides is 3. The first kappa shape index (κ1) is 20.0. The van der Waals surface area contributed by atoms with E-state index in [2.05, 4.69) is 15.3 Å². The van der Waals surface area contributed by atoms with Gasteiger partial charge in [0.15, 0.2) is 5.13 Å². The van der Waals surface area contributed by atoms with Gasteiger partial charge in [0.25, 0.3) is 5.91 Å². The third-order valence-corrected chi connectivity index (χ3v) is 5.41. The van der Waals surface area contributed by atoms with Crippen LogP contribution in [0.25, 0.3) is 10.9 Å². The van der Waals surface area contributed by atoms with Gasteiger partial charge in [0, 0.05) is 28.6 Å². The summed E-state index contributed by atoms with van der Waals surface area (Å²) in [6.07, 6.45) is -2.51. The summed E-state index contributed by atoms with van der Waals surface area (Å²) in [5.41, 5.74) is 1.79. The molecule has 4 aromatic rings. The molecule has 8 heteroatoms. The third kappa shape index (κ3) is 4.33. The van der Waals surface area contributed by atoms with Gasteiger partial charge in [-0.25, -0.2) is 4.98 Å². The van der Waals surface area contributed by atoms with E-state index in [-0.39, 0.29) is 5.91 Å². The number of carbonyl (C=O) groups excluding carboxylic acids is 1. The van der Waals surface area contributed by atoms with Gasteiger partial charge < -0.3 is 0 Å². The highest BCUT2D eigenvalue weighted by Gasteiger charge is 2.30. The van der Waals surface area contributed by atoms with E-state index < -0.39 is 11.7 Å². The van der Waals surface area contributed by atoms with Crippen molar-refractivity contribution in [1.82, 2.24) is 9.97 Å². The molecule has 4 rings (SSSR count). The van der Waals surface area contributed by atoms with Gasteiger partial charge in [-0.15, -0.1) is 11.3 Å². The molecule has 2 aromatic heterocycles. The Kier molecular flexibility index (Phi) is 5.26. The van der Waals surface area contributed by atoms with E-state index in [9.17, 15) is 18.0 Å². The lowest BCUT2D eigenvalue weighted by Crippen LogP contribution is -2.12. The molecule has 1 amide bonds. The van der Waals surface area contributed by atoms with E-state index in [1.807, 2.05) is 31.2 Å². The smallest absolute Gasteiger partial charge is 0.298 e. The van der Waals surface area contributed by atoms with E-state index in [4.69, 9.17) is 0 Å². The molecule has 0 aliphatic rings. The molecule has 0 fully saturated rings. The van der Waals surface area contributed by atoms with Crippen LogP contribution in [0.3, 0.4) is 0 Å². The number of halogens is 3. The van der Waals surface area contributed by atoms with Crippen LogP contribution in [0, 0.1) is 6.92 Å². The quantitative estimate of drug-likeness (QED) is 0.444. The minimum atomic E-state index is -4.38. The Morgan fingerprint density at radius 1 is 1.10 bits per heavy atom. The van der Waals surface area contributed by atoms with Crippen molar-refractivity contribution in [1.29, 1.82) is 0 Å². The molecule has 152 valence electrons. The topological polar surface area (TPSA) is 54.9 Å². The summed E-state index contributed by atoms with van der Waals surface area (Å²) in [7, 11) is 0. The molecule has 1 N–H and O–H groups in total. The van der Waals surface area contributed by atoms with Gasteiger partial charge >= 0.3 is 6.18 Å². The van der Waals surface area contributed by atoms with Crippen molar-refractivity contribution >= 4 is 33.3 Å². The average molecular weight is 427 g/mol. The number of para-hydroxylation sites is 1. The summed E-state index contributed by atoms with van der Waals surface area (Å²) >= 11 is 1.23. The van der Waals surface area contributed by atoms with E-state index in [1.165, 1.54) is 17.4 Å². The summed E-state index contributed by atoms with van der Waals surface area (Å²) in [6, 6.07) is 14.3. The monoisotopic (exact) mass is 427 g/mol. The number of hydrogen-bond donors (Lipinski definition) is 1. The maximum atomic E-state index is 12.9. The Morgan fingerprint density at radius 2 is 1.90 bits per heavy atom. The Hall–Kier alpha value is -3.26. The maximum absolute atomic E-state index is 12.9. The van der Waals surface area contributed by atoms with Crippen LogP contribution in [0.4, 0.5) is 18.3 Å². The lowest BCUT2D eigenvalue weighted by atomic mass is 10.1. The molecule has 0 radical (unpaired) electrons. The second kappa shape index (κ2) is 7.87. The summed E-state index contributed by atoms with van der Waals surface area (Å²) in [6.45, 7) is 1.82. The molecule has 4 nitrogen and oxygen atoms in total. The number of carbonyl (C=O) groups is 1. The number of fused-ring (bicyclic) bond motifs is 1. The second-order valence-electron chi connectivity index (χ2n) is 6.79. The Bertz CT molecular complexity index is 1230. The van der Waals surface area contributed by atoms with Crippen molar-refractivity contribution in [2.24, 2.45) is 0 Å². The van der Waals surface area contributed by atoms with Crippen molar-refractivity contribution in [3.63, 3.8) is 0 Å². The molecular weight excluding hydrogens is 411 g/mol. The van der Waals surface area contributed by atoms with Gasteiger partial charge in [0.1, 0.15) is 0 Å². The average Bonchev–Trinajstić information content (AvgIpc) is 3.13.